The lowest BCUT2D eigenvalue weighted by molar-refractivity contribution is 0.251. The van der Waals surface area contributed by atoms with Gasteiger partial charge in [-0.3, -0.25) is 0 Å². The molecule has 2 nitrogen and oxygen atoms in total. The number of furan rings is 1. The lowest BCUT2D eigenvalue weighted by Crippen LogP contribution is -2.37. The van der Waals surface area contributed by atoms with Crippen LogP contribution in [0.2, 0.25) is 0 Å². The first-order valence-corrected chi connectivity index (χ1v) is 6.70. The number of hydrogen-bond acceptors (Lipinski definition) is 3. The molecule has 98 valence electrons. The fourth-order valence-corrected chi connectivity index (χ4v) is 1.64. The van der Waals surface area contributed by atoms with Gasteiger partial charge >= 0.3 is 0 Å². The molecule has 1 rings (SSSR count). The van der Waals surface area contributed by atoms with Crippen LogP contribution in [-0.4, -0.2) is 11.3 Å². The molecule has 0 saturated carbocycles. The summed E-state index contributed by atoms with van der Waals surface area (Å²) >= 11 is 0.578. The first kappa shape index (κ1) is 14.5. The molecule has 0 aliphatic heterocycles. The van der Waals surface area contributed by atoms with Crippen molar-refractivity contribution in [2.75, 3.05) is 0 Å². The Labute approximate surface area is 105 Å². The maximum atomic E-state index is 12.0. The van der Waals surface area contributed by atoms with Gasteiger partial charge in [0.15, 0.2) is 0 Å². The Bertz CT molecular complexity index is 339. The standard InChI is InChI=1S/C12H19F2NOS/c1-4-12(2,3)15-7-9-5-6-10(16-9)8-17-11(13)14/h5-6,11,15H,4,7-8H2,1-3H3. The van der Waals surface area contributed by atoms with E-state index in [1.807, 2.05) is 6.07 Å². The monoisotopic (exact) mass is 263 g/mol. The maximum absolute atomic E-state index is 12.0. The highest BCUT2D eigenvalue weighted by molar-refractivity contribution is 7.98. The molecule has 17 heavy (non-hydrogen) atoms. The van der Waals surface area contributed by atoms with E-state index in [1.165, 1.54) is 0 Å². The summed E-state index contributed by atoms with van der Waals surface area (Å²) in [6.45, 7) is 6.97. The van der Waals surface area contributed by atoms with E-state index >= 15 is 0 Å². The minimum absolute atomic E-state index is 0.0602. The average Bonchev–Trinajstić information content (AvgIpc) is 2.72. The first-order valence-electron chi connectivity index (χ1n) is 5.65. The third kappa shape index (κ3) is 5.55. The number of thioether (sulfide) groups is 1. The van der Waals surface area contributed by atoms with Crippen LogP contribution in [0.4, 0.5) is 8.78 Å². The molecule has 0 spiro atoms. The quantitative estimate of drug-likeness (QED) is 0.804. The van der Waals surface area contributed by atoms with Gasteiger partial charge in [0.1, 0.15) is 11.5 Å². The highest BCUT2D eigenvalue weighted by Crippen LogP contribution is 2.21. The van der Waals surface area contributed by atoms with Gasteiger partial charge in [0.2, 0.25) is 0 Å². The van der Waals surface area contributed by atoms with E-state index in [-0.39, 0.29) is 11.3 Å². The molecule has 0 saturated heterocycles. The van der Waals surface area contributed by atoms with E-state index in [9.17, 15) is 8.78 Å². The van der Waals surface area contributed by atoms with Crippen LogP contribution >= 0.6 is 11.8 Å². The third-order valence-electron chi connectivity index (χ3n) is 2.69. The number of nitrogens with one attached hydrogen (secondary N) is 1. The molecule has 0 fully saturated rings. The van der Waals surface area contributed by atoms with E-state index < -0.39 is 5.76 Å². The molecule has 1 aromatic rings. The normalized spacial score (nSPS) is 12.4. The van der Waals surface area contributed by atoms with Gasteiger partial charge in [0.05, 0.1) is 12.3 Å². The largest absolute Gasteiger partial charge is 0.464 e. The van der Waals surface area contributed by atoms with Gasteiger partial charge in [-0.2, -0.15) is 8.78 Å². The minimum Gasteiger partial charge on any atom is -0.464 e. The third-order valence-corrected chi connectivity index (χ3v) is 3.40. The van der Waals surface area contributed by atoms with Crippen molar-refractivity contribution in [3.8, 4) is 0 Å². The summed E-state index contributed by atoms with van der Waals surface area (Å²) in [6.07, 6.45) is 1.02. The van der Waals surface area contributed by atoms with Crippen LogP contribution in [-0.2, 0) is 12.3 Å². The van der Waals surface area contributed by atoms with Gasteiger partial charge in [-0.25, -0.2) is 0 Å². The van der Waals surface area contributed by atoms with Gasteiger partial charge in [-0.05, 0) is 32.4 Å². The van der Waals surface area contributed by atoms with Crippen molar-refractivity contribution in [1.82, 2.24) is 5.32 Å². The Kier molecular flexibility index (Phi) is 5.46. The maximum Gasteiger partial charge on any atom is 0.284 e. The fourth-order valence-electron chi connectivity index (χ4n) is 1.19. The zero-order chi connectivity index (χ0) is 12.9. The minimum atomic E-state index is -2.35. The predicted octanol–water partition coefficient (Wildman–Crippen LogP) is 4.01. The SMILES string of the molecule is CCC(C)(C)NCc1ccc(CSC(F)F)o1. The van der Waals surface area contributed by atoms with Crippen LogP contribution in [0.25, 0.3) is 0 Å². The zero-order valence-corrected chi connectivity index (χ0v) is 11.2. The average molecular weight is 263 g/mol. The van der Waals surface area contributed by atoms with Gasteiger partial charge in [0.25, 0.3) is 5.76 Å². The van der Waals surface area contributed by atoms with Crippen molar-refractivity contribution >= 4 is 11.8 Å². The van der Waals surface area contributed by atoms with Crippen LogP contribution in [0, 0.1) is 0 Å². The highest BCUT2D eigenvalue weighted by atomic mass is 32.2. The lowest BCUT2D eigenvalue weighted by Gasteiger charge is -2.23. The van der Waals surface area contributed by atoms with Crippen LogP contribution in [0.5, 0.6) is 0 Å². The Hall–Kier alpha value is -0.550. The fraction of sp³-hybridized carbons (Fsp3) is 0.667. The molecule has 1 N–H and O–H groups in total. The van der Waals surface area contributed by atoms with Gasteiger partial charge in [-0.15, -0.1) is 0 Å². The number of rotatable bonds is 7. The predicted molar refractivity (Wildman–Crippen MR) is 67.2 cm³/mol. The summed E-state index contributed by atoms with van der Waals surface area (Å²) in [7, 11) is 0. The second-order valence-corrected chi connectivity index (χ2v) is 5.51. The molecule has 0 aliphatic carbocycles. The molecule has 1 aromatic heterocycles. The van der Waals surface area contributed by atoms with Gasteiger partial charge in [0, 0.05) is 5.54 Å². The van der Waals surface area contributed by atoms with Crippen LogP contribution in [0.1, 0.15) is 38.7 Å². The molecule has 0 aromatic carbocycles. The van der Waals surface area contributed by atoms with E-state index in [0.29, 0.717) is 24.1 Å². The number of halogens is 2. The molecule has 0 atom stereocenters. The van der Waals surface area contributed by atoms with Crippen molar-refractivity contribution in [2.24, 2.45) is 0 Å². The van der Waals surface area contributed by atoms with Crippen molar-refractivity contribution in [3.63, 3.8) is 0 Å². The van der Waals surface area contributed by atoms with Crippen molar-refractivity contribution in [2.45, 2.75) is 50.8 Å². The van der Waals surface area contributed by atoms with Crippen LogP contribution in [0.15, 0.2) is 16.5 Å². The van der Waals surface area contributed by atoms with E-state index in [2.05, 4.69) is 26.1 Å². The molecule has 0 amide bonds. The second kappa shape index (κ2) is 6.40. The first-order chi connectivity index (χ1) is 7.93. The smallest absolute Gasteiger partial charge is 0.284 e. The highest BCUT2D eigenvalue weighted by Gasteiger charge is 2.14. The number of hydrogen-bond donors (Lipinski definition) is 1. The summed E-state index contributed by atoms with van der Waals surface area (Å²) < 4.78 is 29.4. The van der Waals surface area contributed by atoms with Gasteiger partial charge < -0.3 is 9.73 Å². The molecule has 0 aliphatic rings. The van der Waals surface area contributed by atoms with Crippen LogP contribution in [0.3, 0.4) is 0 Å². The Morgan fingerprint density at radius 1 is 1.35 bits per heavy atom. The second-order valence-electron chi connectivity index (χ2n) is 4.53. The lowest BCUT2D eigenvalue weighted by atomic mass is 10.0. The summed E-state index contributed by atoms with van der Waals surface area (Å²) in [6, 6.07) is 3.59. The molecule has 1 heterocycles. The Morgan fingerprint density at radius 2 is 2.00 bits per heavy atom. The van der Waals surface area contributed by atoms with Crippen molar-refractivity contribution in [3.05, 3.63) is 23.7 Å². The molecular formula is C12H19F2NOS. The van der Waals surface area contributed by atoms with E-state index in [4.69, 9.17) is 4.42 Å². The molecular weight excluding hydrogens is 244 g/mol. The molecule has 0 radical (unpaired) electrons. The summed E-state index contributed by atoms with van der Waals surface area (Å²) in [5, 5.41) is 3.35. The van der Waals surface area contributed by atoms with Gasteiger partial charge in [-0.1, -0.05) is 18.7 Å². The summed E-state index contributed by atoms with van der Waals surface area (Å²) in [5.41, 5.74) is 0.0602. The Balaban J connectivity index is 2.40. The topological polar surface area (TPSA) is 25.2 Å². The molecule has 0 bridgehead atoms. The Morgan fingerprint density at radius 3 is 2.59 bits per heavy atom. The molecule has 5 heteroatoms. The van der Waals surface area contributed by atoms with E-state index in [1.54, 1.807) is 6.07 Å². The van der Waals surface area contributed by atoms with Crippen molar-refractivity contribution in [1.29, 1.82) is 0 Å². The van der Waals surface area contributed by atoms with E-state index in [0.717, 1.165) is 12.2 Å². The van der Waals surface area contributed by atoms with Crippen LogP contribution < -0.4 is 5.32 Å². The number of alkyl halides is 2. The molecule has 0 unspecified atom stereocenters. The summed E-state index contributed by atoms with van der Waals surface area (Å²) in [4.78, 5) is 0. The summed E-state index contributed by atoms with van der Waals surface area (Å²) in [5.74, 6) is -0.743. The zero-order valence-electron chi connectivity index (χ0n) is 10.4. The van der Waals surface area contributed by atoms with Crippen molar-refractivity contribution < 1.29 is 13.2 Å².